The molecule has 4 amide bonds. The van der Waals surface area contributed by atoms with E-state index in [1.165, 1.54) is 60.7 Å². The zero-order chi connectivity index (χ0) is 20.3. The molecule has 9 heteroatoms. The Bertz CT molecular complexity index is 1040. The first-order chi connectivity index (χ1) is 13.4. The lowest BCUT2D eigenvalue weighted by Gasteiger charge is -2.26. The summed E-state index contributed by atoms with van der Waals surface area (Å²) >= 11 is 5.81. The van der Waals surface area contributed by atoms with Crippen LogP contribution in [0, 0.1) is 10.1 Å². The number of allylic oxidation sites excluding steroid dienone is 2. The lowest BCUT2D eigenvalue weighted by Crippen LogP contribution is -2.54. The number of urea groups is 1. The number of non-ortho nitro benzene ring substituents is 1. The van der Waals surface area contributed by atoms with Gasteiger partial charge in [0.15, 0.2) is 0 Å². The number of hydrogen-bond acceptors (Lipinski definition) is 5. The van der Waals surface area contributed by atoms with Crippen LogP contribution in [-0.4, -0.2) is 22.8 Å². The van der Waals surface area contributed by atoms with Gasteiger partial charge in [0.2, 0.25) is 0 Å². The average Bonchev–Trinajstić information content (AvgIpc) is 2.66. The van der Waals surface area contributed by atoms with E-state index in [4.69, 9.17) is 11.6 Å². The van der Waals surface area contributed by atoms with Crippen molar-refractivity contribution >= 4 is 46.9 Å². The minimum absolute atomic E-state index is 0.0826. The third kappa shape index (κ3) is 3.97. The minimum atomic E-state index is -0.864. The number of hydrogen-bond donors (Lipinski definition) is 1. The van der Waals surface area contributed by atoms with E-state index in [9.17, 15) is 24.5 Å². The highest BCUT2D eigenvalue weighted by Crippen LogP contribution is 2.22. The van der Waals surface area contributed by atoms with Crippen molar-refractivity contribution in [2.24, 2.45) is 0 Å². The van der Waals surface area contributed by atoms with Gasteiger partial charge in [0, 0.05) is 17.2 Å². The molecule has 0 bridgehead atoms. The number of nitro groups is 1. The smallest absolute Gasteiger partial charge is 0.273 e. The number of rotatable bonds is 4. The van der Waals surface area contributed by atoms with Crippen molar-refractivity contribution in [2.75, 3.05) is 4.90 Å². The van der Waals surface area contributed by atoms with E-state index in [2.05, 4.69) is 5.32 Å². The molecule has 1 fully saturated rings. The van der Waals surface area contributed by atoms with Gasteiger partial charge in [-0.05, 0) is 35.9 Å². The number of barbiturate groups is 1. The summed E-state index contributed by atoms with van der Waals surface area (Å²) in [6, 6.07) is 11.0. The molecule has 0 unspecified atom stereocenters. The zero-order valence-corrected chi connectivity index (χ0v) is 14.9. The number of nitrogens with zero attached hydrogens (tertiary/aromatic N) is 2. The maximum absolute atomic E-state index is 12.6. The average molecular weight is 398 g/mol. The summed E-state index contributed by atoms with van der Waals surface area (Å²) in [5, 5.41) is 13.3. The van der Waals surface area contributed by atoms with Crippen molar-refractivity contribution < 1.29 is 19.3 Å². The fraction of sp³-hybridized carbons (Fsp3) is 0. The van der Waals surface area contributed by atoms with Crippen molar-refractivity contribution in [3.8, 4) is 0 Å². The summed E-state index contributed by atoms with van der Waals surface area (Å²) in [6.45, 7) is 0. The summed E-state index contributed by atoms with van der Waals surface area (Å²) in [5.41, 5.74) is 0.436. The maximum atomic E-state index is 12.6. The van der Waals surface area contributed by atoms with Crippen LogP contribution < -0.4 is 10.2 Å². The third-order valence-corrected chi connectivity index (χ3v) is 4.07. The third-order valence-electron chi connectivity index (χ3n) is 3.82. The predicted molar refractivity (Wildman–Crippen MR) is 103 cm³/mol. The van der Waals surface area contributed by atoms with Crippen molar-refractivity contribution in [3.63, 3.8) is 0 Å². The van der Waals surface area contributed by atoms with Crippen LogP contribution in [0.1, 0.15) is 5.56 Å². The molecule has 0 aliphatic carbocycles. The molecule has 140 valence electrons. The number of carbonyl (C=O) groups excluding carboxylic acids is 3. The summed E-state index contributed by atoms with van der Waals surface area (Å²) in [4.78, 5) is 47.9. The van der Waals surface area contributed by atoms with Gasteiger partial charge in [-0.25, -0.2) is 9.69 Å². The first-order valence-corrected chi connectivity index (χ1v) is 8.33. The minimum Gasteiger partial charge on any atom is -0.273 e. The molecule has 0 aromatic heterocycles. The van der Waals surface area contributed by atoms with Crippen molar-refractivity contribution in [2.45, 2.75) is 0 Å². The molecule has 1 aliphatic heterocycles. The quantitative estimate of drug-likeness (QED) is 0.367. The van der Waals surface area contributed by atoms with Gasteiger partial charge < -0.3 is 0 Å². The Labute approximate surface area is 163 Å². The van der Waals surface area contributed by atoms with Crippen molar-refractivity contribution in [3.05, 3.63) is 87.0 Å². The van der Waals surface area contributed by atoms with Gasteiger partial charge >= 0.3 is 6.03 Å². The first-order valence-electron chi connectivity index (χ1n) is 7.95. The number of anilines is 1. The van der Waals surface area contributed by atoms with E-state index in [0.29, 0.717) is 10.6 Å². The molecule has 1 saturated heterocycles. The van der Waals surface area contributed by atoms with Gasteiger partial charge in [0.05, 0.1) is 10.6 Å². The Balaban J connectivity index is 1.87. The molecule has 2 aromatic carbocycles. The van der Waals surface area contributed by atoms with Crippen LogP contribution in [0.4, 0.5) is 16.2 Å². The Hall–Kier alpha value is -3.78. The van der Waals surface area contributed by atoms with Crippen LogP contribution in [-0.2, 0) is 9.59 Å². The highest BCUT2D eigenvalue weighted by Gasteiger charge is 2.36. The zero-order valence-electron chi connectivity index (χ0n) is 14.2. The predicted octanol–water partition coefficient (Wildman–Crippen LogP) is 3.47. The molecule has 0 spiro atoms. The number of nitro benzene ring substituents is 1. The van der Waals surface area contributed by atoms with E-state index in [1.54, 1.807) is 6.07 Å². The molecule has 1 heterocycles. The molecule has 0 radical (unpaired) electrons. The number of benzene rings is 2. The summed E-state index contributed by atoms with van der Waals surface area (Å²) in [5.74, 6) is -1.62. The van der Waals surface area contributed by atoms with E-state index < -0.39 is 22.8 Å². The molecule has 1 aliphatic rings. The molecule has 0 saturated carbocycles. The number of amides is 4. The molecule has 3 rings (SSSR count). The van der Waals surface area contributed by atoms with Crippen LogP contribution in [0.25, 0.3) is 6.08 Å². The monoisotopic (exact) mass is 397 g/mol. The molecule has 8 nitrogen and oxygen atoms in total. The fourth-order valence-electron chi connectivity index (χ4n) is 2.50. The van der Waals surface area contributed by atoms with Crippen LogP contribution in [0.2, 0.25) is 5.02 Å². The van der Waals surface area contributed by atoms with Gasteiger partial charge in [-0.3, -0.25) is 25.0 Å². The molecular formula is C19H12ClN3O5. The Morgan fingerprint density at radius 2 is 1.79 bits per heavy atom. The fourth-order valence-corrected chi connectivity index (χ4v) is 2.63. The molecular weight excluding hydrogens is 386 g/mol. The molecule has 2 aromatic rings. The second kappa shape index (κ2) is 7.85. The normalized spacial score (nSPS) is 16.0. The second-order valence-electron chi connectivity index (χ2n) is 5.67. The van der Waals surface area contributed by atoms with Gasteiger partial charge in [-0.15, -0.1) is 0 Å². The lowest BCUT2D eigenvalue weighted by atomic mass is 10.1. The highest BCUT2D eigenvalue weighted by molar-refractivity contribution is 6.37. The van der Waals surface area contributed by atoms with Gasteiger partial charge in [0.1, 0.15) is 5.57 Å². The topological polar surface area (TPSA) is 110 Å². The Kier molecular flexibility index (Phi) is 5.32. The van der Waals surface area contributed by atoms with E-state index in [0.717, 1.165) is 4.90 Å². The largest absolute Gasteiger partial charge is 0.335 e. The van der Waals surface area contributed by atoms with Crippen LogP contribution in [0.5, 0.6) is 0 Å². The molecule has 1 N–H and O–H groups in total. The summed E-state index contributed by atoms with van der Waals surface area (Å²) in [6.07, 6.45) is 4.15. The standard InChI is InChI=1S/C19H12ClN3O5/c20-13-7-9-14(10-8-13)22-18(25)16(17(24)21-19(22)26)6-2-4-12-3-1-5-15(11-12)23(27)28/h1-11H,(H,21,24,26)/b4-2+,16-6+. The van der Waals surface area contributed by atoms with Crippen molar-refractivity contribution in [1.29, 1.82) is 0 Å². The summed E-state index contributed by atoms with van der Waals surface area (Å²) in [7, 11) is 0. The van der Waals surface area contributed by atoms with Crippen molar-refractivity contribution in [1.82, 2.24) is 5.32 Å². The van der Waals surface area contributed by atoms with Gasteiger partial charge in [-0.2, -0.15) is 0 Å². The van der Waals surface area contributed by atoms with Crippen LogP contribution >= 0.6 is 11.6 Å². The Morgan fingerprint density at radius 3 is 2.46 bits per heavy atom. The van der Waals surface area contributed by atoms with E-state index >= 15 is 0 Å². The summed E-state index contributed by atoms with van der Waals surface area (Å²) < 4.78 is 0. The molecule has 0 atom stereocenters. The maximum Gasteiger partial charge on any atom is 0.335 e. The van der Waals surface area contributed by atoms with Gasteiger partial charge in [-0.1, -0.05) is 35.9 Å². The Morgan fingerprint density at radius 1 is 1.07 bits per heavy atom. The number of nitrogens with one attached hydrogen (secondary N) is 1. The SMILES string of the molecule is O=C1NC(=O)N(c2ccc(Cl)cc2)C(=O)/C1=C/C=C/c1cccc([N+](=O)[O-])c1. The van der Waals surface area contributed by atoms with Crippen LogP contribution in [0.15, 0.2) is 66.3 Å². The van der Waals surface area contributed by atoms with Gasteiger partial charge in [0.25, 0.3) is 17.5 Å². The lowest BCUT2D eigenvalue weighted by molar-refractivity contribution is -0.384. The van der Waals surface area contributed by atoms with Crippen LogP contribution in [0.3, 0.4) is 0 Å². The first kappa shape index (κ1) is 19.0. The van der Waals surface area contributed by atoms with E-state index in [-0.39, 0.29) is 16.9 Å². The highest BCUT2D eigenvalue weighted by atomic mass is 35.5. The molecule has 28 heavy (non-hydrogen) atoms. The number of imide groups is 2. The number of halogens is 1. The van der Waals surface area contributed by atoms with E-state index in [1.807, 2.05) is 0 Å². The number of carbonyl (C=O) groups is 3. The second-order valence-corrected chi connectivity index (χ2v) is 6.10.